The predicted molar refractivity (Wildman–Crippen MR) is 105 cm³/mol. The first-order valence-corrected chi connectivity index (χ1v) is 9.80. The number of amides is 1. The molecule has 0 aliphatic carbocycles. The predicted octanol–water partition coefficient (Wildman–Crippen LogP) is 3.15. The number of carbonyl (C=O) groups excluding carboxylic acids is 1. The number of hydrogen-bond donors (Lipinski definition) is 0. The Balaban J connectivity index is 1.29. The van der Waals surface area contributed by atoms with Gasteiger partial charge < -0.3 is 4.90 Å². The lowest BCUT2D eigenvalue weighted by Crippen LogP contribution is -2.41. The van der Waals surface area contributed by atoms with Crippen molar-refractivity contribution in [2.75, 3.05) is 19.6 Å². The zero-order valence-corrected chi connectivity index (χ0v) is 15.6. The van der Waals surface area contributed by atoms with Crippen LogP contribution < -0.4 is 0 Å². The summed E-state index contributed by atoms with van der Waals surface area (Å²) in [5.74, 6) is 0.249. The van der Waals surface area contributed by atoms with Crippen LogP contribution in [0.25, 0.3) is 0 Å². The molecule has 1 fully saturated rings. The van der Waals surface area contributed by atoms with Crippen molar-refractivity contribution in [2.24, 2.45) is 0 Å². The lowest BCUT2D eigenvalue weighted by molar-refractivity contribution is -0.130. The molecule has 1 atom stereocenters. The van der Waals surface area contributed by atoms with Crippen molar-refractivity contribution < 1.29 is 4.79 Å². The number of benzene rings is 2. The summed E-state index contributed by atoms with van der Waals surface area (Å²) < 4.78 is 0. The summed E-state index contributed by atoms with van der Waals surface area (Å²) in [5.41, 5.74) is 4.69. The van der Waals surface area contributed by atoms with Gasteiger partial charge in [0.25, 0.3) is 0 Å². The van der Waals surface area contributed by atoms with E-state index in [0.29, 0.717) is 18.0 Å². The zero-order chi connectivity index (χ0) is 18.6. The highest BCUT2D eigenvalue weighted by molar-refractivity contribution is 5.76. The molecule has 0 saturated carbocycles. The van der Waals surface area contributed by atoms with Crippen molar-refractivity contribution in [3.63, 3.8) is 0 Å². The highest BCUT2D eigenvalue weighted by atomic mass is 16.2. The van der Waals surface area contributed by atoms with Gasteiger partial charge in [-0.05, 0) is 48.1 Å². The molecule has 0 N–H and O–H groups in total. The molecule has 2 aliphatic rings. The molecular weight excluding hydrogens is 334 g/mol. The molecular formula is C23H25N3O. The highest BCUT2D eigenvalue weighted by Gasteiger charge is 2.31. The molecule has 138 valence electrons. The third-order valence-electron chi connectivity index (χ3n) is 5.90. The van der Waals surface area contributed by atoms with E-state index >= 15 is 0 Å². The Labute approximate surface area is 161 Å². The largest absolute Gasteiger partial charge is 0.341 e. The van der Waals surface area contributed by atoms with Gasteiger partial charge in [0, 0.05) is 38.6 Å². The van der Waals surface area contributed by atoms with Gasteiger partial charge in [0.2, 0.25) is 5.91 Å². The third kappa shape index (κ3) is 4.04. The van der Waals surface area contributed by atoms with Gasteiger partial charge in [-0.15, -0.1) is 0 Å². The number of nitriles is 1. The lowest BCUT2D eigenvalue weighted by atomic mass is 9.98. The summed E-state index contributed by atoms with van der Waals surface area (Å²) in [6, 6.07) is 18.9. The van der Waals surface area contributed by atoms with Gasteiger partial charge >= 0.3 is 0 Å². The molecule has 0 radical (unpaired) electrons. The van der Waals surface area contributed by atoms with E-state index in [2.05, 4.69) is 35.2 Å². The molecule has 2 aromatic rings. The second-order valence-electron chi connectivity index (χ2n) is 7.58. The third-order valence-corrected chi connectivity index (χ3v) is 5.90. The van der Waals surface area contributed by atoms with Crippen LogP contribution in [0.5, 0.6) is 0 Å². The van der Waals surface area contributed by atoms with Crippen molar-refractivity contribution in [1.29, 1.82) is 5.26 Å². The van der Waals surface area contributed by atoms with E-state index in [0.717, 1.165) is 51.0 Å². The molecule has 27 heavy (non-hydrogen) atoms. The molecule has 1 unspecified atom stereocenters. The number of aryl methyl sites for hydroxylation is 1. The fourth-order valence-corrected chi connectivity index (χ4v) is 4.25. The van der Waals surface area contributed by atoms with Crippen LogP contribution in [0.15, 0.2) is 48.5 Å². The fourth-order valence-electron chi connectivity index (χ4n) is 4.25. The van der Waals surface area contributed by atoms with Crippen LogP contribution in [0.3, 0.4) is 0 Å². The first-order valence-electron chi connectivity index (χ1n) is 9.80. The van der Waals surface area contributed by atoms with Crippen LogP contribution in [0, 0.1) is 11.3 Å². The minimum Gasteiger partial charge on any atom is -0.341 e. The van der Waals surface area contributed by atoms with Crippen LogP contribution in [-0.2, 0) is 24.2 Å². The Hall–Kier alpha value is -2.64. The first-order chi connectivity index (χ1) is 13.2. The molecule has 4 heteroatoms. The van der Waals surface area contributed by atoms with Crippen LogP contribution >= 0.6 is 0 Å². The molecule has 2 aliphatic heterocycles. The molecule has 0 bridgehead atoms. The van der Waals surface area contributed by atoms with Gasteiger partial charge in [-0.2, -0.15) is 5.26 Å². The average molecular weight is 359 g/mol. The second kappa shape index (κ2) is 7.94. The number of nitrogens with zero attached hydrogens (tertiary/aromatic N) is 3. The summed E-state index contributed by atoms with van der Waals surface area (Å²) in [6.07, 6.45) is 3.47. The Morgan fingerprint density at radius 2 is 1.85 bits per heavy atom. The van der Waals surface area contributed by atoms with E-state index in [1.54, 1.807) is 0 Å². The number of likely N-dealkylation sites (tertiary alicyclic amines) is 1. The number of fused-ring (bicyclic) bond motifs is 1. The second-order valence-corrected chi connectivity index (χ2v) is 7.58. The average Bonchev–Trinajstić information content (AvgIpc) is 3.22. The van der Waals surface area contributed by atoms with Gasteiger partial charge in [-0.1, -0.05) is 36.4 Å². The molecule has 4 rings (SSSR count). The van der Waals surface area contributed by atoms with Gasteiger partial charge in [-0.25, -0.2) is 0 Å². The monoisotopic (exact) mass is 359 g/mol. The van der Waals surface area contributed by atoms with Gasteiger partial charge in [0.1, 0.15) is 0 Å². The molecule has 1 amide bonds. The van der Waals surface area contributed by atoms with Crippen LogP contribution in [0.1, 0.15) is 35.1 Å². The Morgan fingerprint density at radius 1 is 1.07 bits per heavy atom. The maximum Gasteiger partial charge on any atom is 0.222 e. The van der Waals surface area contributed by atoms with Crippen molar-refractivity contribution >= 4 is 5.91 Å². The number of carbonyl (C=O) groups is 1. The van der Waals surface area contributed by atoms with E-state index < -0.39 is 0 Å². The van der Waals surface area contributed by atoms with Crippen molar-refractivity contribution in [2.45, 2.75) is 38.3 Å². The van der Waals surface area contributed by atoms with E-state index in [9.17, 15) is 4.79 Å². The minimum atomic E-state index is 0.249. The maximum absolute atomic E-state index is 12.6. The molecule has 0 aromatic heterocycles. The molecule has 4 nitrogen and oxygen atoms in total. The summed E-state index contributed by atoms with van der Waals surface area (Å²) in [7, 11) is 0. The van der Waals surface area contributed by atoms with Gasteiger partial charge in [-0.3, -0.25) is 9.69 Å². The van der Waals surface area contributed by atoms with Crippen molar-refractivity contribution in [3.8, 4) is 6.07 Å². The van der Waals surface area contributed by atoms with Crippen LogP contribution in [0.4, 0.5) is 0 Å². The number of rotatable bonds is 4. The van der Waals surface area contributed by atoms with Gasteiger partial charge in [0.15, 0.2) is 0 Å². The molecule has 0 spiro atoms. The van der Waals surface area contributed by atoms with E-state index in [1.807, 2.05) is 29.2 Å². The topological polar surface area (TPSA) is 47.3 Å². The highest BCUT2D eigenvalue weighted by Crippen LogP contribution is 2.25. The fraction of sp³-hybridized carbons (Fsp3) is 0.391. The molecule has 1 saturated heterocycles. The first kappa shape index (κ1) is 17.8. The standard InChI is InChI=1S/C23H25N3O/c24-15-19-7-5-18(6-8-19)9-10-23(27)26-14-12-22(17-26)25-13-11-20-3-1-2-4-21(20)16-25/h1-8,22H,9-14,16-17H2. The smallest absolute Gasteiger partial charge is 0.222 e. The Morgan fingerprint density at radius 3 is 2.63 bits per heavy atom. The Kier molecular flexibility index (Phi) is 5.22. The van der Waals surface area contributed by atoms with Crippen molar-refractivity contribution in [3.05, 3.63) is 70.8 Å². The van der Waals surface area contributed by atoms with E-state index in [4.69, 9.17) is 5.26 Å². The van der Waals surface area contributed by atoms with Crippen LogP contribution in [-0.4, -0.2) is 41.4 Å². The minimum absolute atomic E-state index is 0.249. The number of hydrogen-bond acceptors (Lipinski definition) is 3. The van der Waals surface area contributed by atoms with E-state index in [1.165, 1.54) is 11.1 Å². The van der Waals surface area contributed by atoms with Crippen molar-refractivity contribution in [1.82, 2.24) is 9.80 Å². The van der Waals surface area contributed by atoms with E-state index in [-0.39, 0.29) is 5.91 Å². The summed E-state index contributed by atoms with van der Waals surface area (Å²) in [6.45, 7) is 3.83. The SMILES string of the molecule is N#Cc1ccc(CCC(=O)N2CCC(N3CCc4ccccc4C3)C2)cc1. The quantitative estimate of drug-likeness (QED) is 0.842. The summed E-state index contributed by atoms with van der Waals surface area (Å²) >= 11 is 0. The normalized spacial score (nSPS) is 19.5. The Bertz CT molecular complexity index is 853. The van der Waals surface area contributed by atoms with Crippen LogP contribution in [0.2, 0.25) is 0 Å². The molecule has 2 aromatic carbocycles. The lowest BCUT2D eigenvalue weighted by Gasteiger charge is -2.33. The van der Waals surface area contributed by atoms with Gasteiger partial charge in [0.05, 0.1) is 11.6 Å². The maximum atomic E-state index is 12.6. The summed E-state index contributed by atoms with van der Waals surface area (Å²) in [5, 5.41) is 8.86. The zero-order valence-electron chi connectivity index (χ0n) is 15.6. The summed E-state index contributed by atoms with van der Waals surface area (Å²) in [4.78, 5) is 17.2. The molecule has 2 heterocycles.